The summed E-state index contributed by atoms with van der Waals surface area (Å²) in [6.07, 6.45) is -2.97. The lowest BCUT2D eigenvalue weighted by atomic mass is 9.78. The highest BCUT2D eigenvalue weighted by atomic mass is 19.4. The molecule has 2 aromatic carbocycles. The Hall–Kier alpha value is -2.21. The van der Waals surface area contributed by atoms with Crippen LogP contribution >= 0.6 is 0 Å². The van der Waals surface area contributed by atoms with Gasteiger partial charge < -0.3 is 14.8 Å². The molecule has 0 saturated heterocycles. The molecule has 2 aliphatic rings. The standard InChI is InChI=1S/C24H28F3NO2/c1-22(2)12-18(14-7-6-8-15(9-14)24(25,26)27)16-10-17-19(28-5)13-23(3,4)30-21(17)11-20(16)29-22/h6-11,18-19,28H,12-13H2,1-5H3. The molecule has 1 N–H and O–H groups in total. The zero-order chi connectivity index (χ0) is 21.9. The van der Waals surface area contributed by atoms with Gasteiger partial charge >= 0.3 is 6.18 Å². The van der Waals surface area contributed by atoms with Crippen LogP contribution in [-0.2, 0) is 6.18 Å². The Morgan fingerprint density at radius 2 is 1.53 bits per heavy atom. The van der Waals surface area contributed by atoms with Crippen molar-refractivity contribution in [3.05, 3.63) is 58.7 Å². The molecule has 30 heavy (non-hydrogen) atoms. The summed E-state index contributed by atoms with van der Waals surface area (Å²) in [5, 5.41) is 3.35. The van der Waals surface area contributed by atoms with E-state index in [-0.39, 0.29) is 17.6 Å². The summed E-state index contributed by atoms with van der Waals surface area (Å²) in [6.45, 7) is 8.04. The molecule has 0 bridgehead atoms. The molecule has 0 radical (unpaired) electrons. The maximum absolute atomic E-state index is 13.3. The number of rotatable bonds is 2. The van der Waals surface area contributed by atoms with Gasteiger partial charge in [-0.2, -0.15) is 13.2 Å². The smallest absolute Gasteiger partial charge is 0.416 e. The minimum atomic E-state index is -4.37. The van der Waals surface area contributed by atoms with Crippen molar-refractivity contribution in [1.29, 1.82) is 0 Å². The SMILES string of the molecule is CNC1CC(C)(C)Oc2cc3c(cc21)C(c1cccc(C(F)(F)F)c1)CC(C)(C)O3. The van der Waals surface area contributed by atoms with Gasteiger partial charge in [0.05, 0.1) is 5.56 Å². The summed E-state index contributed by atoms with van der Waals surface area (Å²) in [6, 6.07) is 9.73. The van der Waals surface area contributed by atoms with E-state index in [1.807, 2.05) is 27.0 Å². The van der Waals surface area contributed by atoms with Gasteiger partial charge in [0, 0.05) is 35.6 Å². The van der Waals surface area contributed by atoms with Crippen molar-refractivity contribution in [3.8, 4) is 11.5 Å². The number of benzene rings is 2. The topological polar surface area (TPSA) is 30.5 Å². The Kier molecular flexibility index (Phi) is 4.84. The van der Waals surface area contributed by atoms with Crippen LogP contribution in [0.2, 0.25) is 0 Å². The van der Waals surface area contributed by atoms with Crippen LogP contribution in [0.4, 0.5) is 13.2 Å². The number of hydrogen-bond donors (Lipinski definition) is 1. The third kappa shape index (κ3) is 3.89. The van der Waals surface area contributed by atoms with E-state index in [1.165, 1.54) is 12.1 Å². The molecule has 0 spiro atoms. The normalized spacial score (nSPS) is 24.3. The average molecular weight is 419 g/mol. The second-order valence-electron chi connectivity index (χ2n) is 9.58. The van der Waals surface area contributed by atoms with Crippen LogP contribution in [0.1, 0.15) is 74.8 Å². The van der Waals surface area contributed by atoms with Gasteiger partial charge in [-0.25, -0.2) is 0 Å². The van der Waals surface area contributed by atoms with Crippen molar-refractivity contribution in [2.24, 2.45) is 0 Å². The fourth-order valence-electron chi connectivity index (χ4n) is 4.69. The first kappa shape index (κ1) is 21.0. The van der Waals surface area contributed by atoms with Crippen LogP contribution in [0.3, 0.4) is 0 Å². The van der Waals surface area contributed by atoms with Crippen LogP contribution in [0.5, 0.6) is 11.5 Å². The molecule has 0 fully saturated rings. The van der Waals surface area contributed by atoms with Gasteiger partial charge in [-0.05, 0) is 58.9 Å². The molecule has 2 unspecified atom stereocenters. The van der Waals surface area contributed by atoms with Crippen molar-refractivity contribution in [3.63, 3.8) is 0 Å². The number of fused-ring (bicyclic) bond motifs is 2. The van der Waals surface area contributed by atoms with Crippen LogP contribution < -0.4 is 14.8 Å². The van der Waals surface area contributed by atoms with E-state index in [9.17, 15) is 13.2 Å². The van der Waals surface area contributed by atoms with Gasteiger partial charge in [-0.3, -0.25) is 0 Å². The maximum atomic E-state index is 13.3. The van der Waals surface area contributed by atoms with Gasteiger partial charge in [-0.1, -0.05) is 18.2 Å². The first-order valence-electron chi connectivity index (χ1n) is 10.3. The highest BCUT2D eigenvalue weighted by Gasteiger charge is 2.40. The summed E-state index contributed by atoms with van der Waals surface area (Å²) in [5.41, 5.74) is 1.14. The predicted octanol–water partition coefficient (Wildman–Crippen LogP) is 6.22. The molecular formula is C24H28F3NO2. The molecule has 2 atom stereocenters. The number of nitrogens with one attached hydrogen (secondary N) is 1. The molecule has 0 saturated carbocycles. The molecule has 0 amide bonds. The Morgan fingerprint density at radius 3 is 2.17 bits per heavy atom. The van der Waals surface area contributed by atoms with Gasteiger partial charge in [-0.15, -0.1) is 0 Å². The van der Waals surface area contributed by atoms with Gasteiger partial charge in [0.15, 0.2) is 0 Å². The van der Waals surface area contributed by atoms with Crippen molar-refractivity contribution < 1.29 is 22.6 Å². The van der Waals surface area contributed by atoms with Crippen LogP contribution in [-0.4, -0.2) is 18.2 Å². The molecule has 0 aliphatic carbocycles. The highest BCUT2D eigenvalue weighted by molar-refractivity contribution is 5.54. The highest BCUT2D eigenvalue weighted by Crippen LogP contribution is 2.50. The third-order valence-corrected chi connectivity index (χ3v) is 6.02. The fourth-order valence-corrected chi connectivity index (χ4v) is 4.69. The molecule has 4 rings (SSSR count). The zero-order valence-electron chi connectivity index (χ0n) is 18.0. The summed E-state index contributed by atoms with van der Waals surface area (Å²) in [7, 11) is 1.92. The van der Waals surface area contributed by atoms with Crippen molar-refractivity contribution in [2.45, 2.75) is 69.9 Å². The molecule has 2 aromatic rings. The molecule has 3 nitrogen and oxygen atoms in total. The van der Waals surface area contributed by atoms with Crippen LogP contribution in [0.25, 0.3) is 0 Å². The Bertz CT molecular complexity index is 965. The lowest BCUT2D eigenvalue weighted by Crippen LogP contribution is -2.39. The van der Waals surface area contributed by atoms with E-state index >= 15 is 0 Å². The minimum Gasteiger partial charge on any atom is -0.487 e. The lowest BCUT2D eigenvalue weighted by molar-refractivity contribution is -0.137. The third-order valence-electron chi connectivity index (χ3n) is 6.02. The summed E-state index contributed by atoms with van der Waals surface area (Å²) >= 11 is 0. The van der Waals surface area contributed by atoms with Crippen LogP contribution in [0, 0.1) is 0 Å². The number of alkyl halides is 3. The average Bonchev–Trinajstić information content (AvgIpc) is 2.63. The van der Waals surface area contributed by atoms with Crippen molar-refractivity contribution >= 4 is 0 Å². The monoisotopic (exact) mass is 419 g/mol. The first-order chi connectivity index (χ1) is 13.9. The van der Waals surface area contributed by atoms with Crippen molar-refractivity contribution in [2.75, 3.05) is 7.05 Å². The maximum Gasteiger partial charge on any atom is 0.416 e. The fraction of sp³-hybridized carbons (Fsp3) is 0.500. The van der Waals surface area contributed by atoms with E-state index in [2.05, 4.69) is 25.2 Å². The van der Waals surface area contributed by atoms with E-state index in [4.69, 9.17) is 9.47 Å². The van der Waals surface area contributed by atoms with Gasteiger partial charge in [0.1, 0.15) is 22.7 Å². The summed E-state index contributed by atoms with van der Waals surface area (Å²) in [5.74, 6) is 1.26. The van der Waals surface area contributed by atoms with E-state index in [0.717, 1.165) is 29.4 Å². The van der Waals surface area contributed by atoms with Gasteiger partial charge in [0.2, 0.25) is 0 Å². The van der Waals surface area contributed by atoms with Gasteiger partial charge in [0.25, 0.3) is 0 Å². The zero-order valence-corrected chi connectivity index (χ0v) is 18.0. The largest absolute Gasteiger partial charge is 0.487 e. The number of hydrogen-bond acceptors (Lipinski definition) is 3. The molecule has 162 valence electrons. The summed E-state index contributed by atoms with van der Waals surface area (Å²) in [4.78, 5) is 0. The van der Waals surface area contributed by atoms with Crippen molar-refractivity contribution in [1.82, 2.24) is 5.32 Å². The number of halogens is 3. The molecule has 2 heterocycles. The molecule has 6 heteroatoms. The second kappa shape index (κ2) is 6.91. The Labute approximate surface area is 175 Å². The minimum absolute atomic E-state index is 0.103. The summed E-state index contributed by atoms with van der Waals surface area (Å²) < 4.78 is 52.5. The Balaban J connectivity index is 1.85. The second-order valence-corrected chi connectivity index (χ2v) is 9.58. The Morgan fingerprint density at radius 1 is 0.900 bits per heavy atom. The molecule has 0 aromatic heterocycles. The molecular weight excluding hydrogens is 391 g/mol. The van der Waals surface area contributed by atoms with Crippen LogP contribution in [0.15, 0.2) is 36.4 Å². The number of ether oxygens (including phenoxy) is 2. The predicted molar refractivity (Wildman–Crippen MR) is 110 cm³/mol. The quantitative estimate of drug-likeness (QED) is 0.627. The van der Waals surface area contributed by atoms with E-state index < -0.39 is 17.3 Å². The first-order valence-corrected chi connectivity index (χ1v) is 10.3. The van der Waals surface area contributed by atoms with E-state index in [0.29, 0.717) is 17.7 Å². The van der Waals surface area contributed by atoms with E-state index in [1.54, 1.807) is 6.07 Å². The molecule has 2 aliphatic heterocycles. The lowest BCUT2D eigenvalue weighted by Gasteiger charge is -2.42.